The van der Waals surface area contributed by atoms with Gasteiger partial charge in [0.1, 0.15) is 11.6 Å². The van der Waals surface area contributed by atoms with Crippen LogP contribution in [0.4, 0.5) is 4.39 Å². The fourth-order valence-corrected chi connectivity index (χ4v) is 3.27. The molecule has 4 rings (SSSR count). The summed E-state index contributed by atoms with van der Waals surface area (Å²) in [6, 6.07) is 13.2. The Morgan fingerprint density at radius 1 is 1.14 bits per heavy atom. The molecule has 1 aromatic heterocycles. The van der Waals surface area contributed by atoms with Gasteiger partial charge in [0.05, 0.1) is 13.7 Å². The Kier molecular flexibility index (Phi) is 5.53. The van der Waals surface area contributed by atoms with Gasteiger partial charge in [-0.3, -0.25) is 9.69 Å². The Balaban J connectivity index is 1.33. The number of hydrogen-bond acceptors (Lipinski definition) is 6. The number of amides is 1. The van der Waals surface area contributed by atoms with Crippen molar-refractivity contribution in [3.05, 3.63) is 65.8 Å². The Hall–Kier alpha value is -3.26. The normalized spacial score (nSPS) is 14.8. The Bertz CT molecular complexity index is 982. The topological polar surface area (TPSA) is 71.7 Å². The SMILES string of the molecule is COc1cccc(C(=O)N2CCN(Cc3nc(-c4ccc(F)cc4)no3)CC2)c1. The molecule has 2 heterocycles. The highest BCUT2D eigenvalue weighted by Crippen LogP contribution is 2.18. The highest BCUT2D eigenvalue weighted by molar-refractivity contribution is 5.94. The van der Waals surface area contributed by atoms with Crippen LogP contribution in [-0.2, 0) is 6.54 Å². The summed E-state index contributed by atoms with van der Waals surface area (Å²) in [5.41, 5.74) is 1.33. The largest absolute Gasteiger partial charge is 0.497 e. The van der Waals surface area contributed by atoms with Crippen molar-refractivity contribution in [1.82, 2.24) is 19.9 Å². The summed E-state index contributed by atoms with van der Waals surface area (Å²) < 4.78 is 23.6. The van der Waals surface area contributed by atoms with Crippen molar-refractivity contribution in [2.24, 2.45) is 0 Å². The van der Waals surface area contributed by atoms with Crippen LogP contribution in [0.1, 0.15) is 16.2 Å². The van der Waals surface area contributed by atoms with Gasteiger partial charge in [-0.1, -0.05) is 11.2 Å². The second-order valence-corrected chi connectivity index (χ2v) is 6.82. The first-order valence-corrected chi connectivity index (χ1v) is 9.36. The summed E-state index contributed by atoms with van der Waals surface area (Å²) in [5, 5.41) is 3.97. The van der Waals surface area contributed by atoms with E-state index in [0.717, 1.165) is 0 Å². The van der Waals surface area contributed by atoms with Crippen molar-refractivity contribution in [3.8, 4) is 17.1 Å². The summed E-state index contributed by atoms with van der Waals surface area (Å²) in [6.07, 6.45) is 0. The van der Waals surface area contributed by atoms with Crippen LogP contribution < -0.4 is 4.74 Å². The second kappa shape index (κ2) is 8.40. The van der Waals surface area contributed by atoms with E-state index in [-0.39, 0.29) is 11.7 Å². The van der Waals surface area contributed by atoms with Crippen LogP contribution in [-0.4, -0.2) is 59.1 Å². The molecular formula is C21H21FN4O3. The Morgan fingerprint density at radius 2 is 1.90 bits per heavy atom. The summed E-state index contributed by atoms with van der Waals surface area (Å²) >= 11 is 0. The van der Waals surface area contributed by atoms with E-state index in [0.29, 0.717) is 61.3 Å². The van der Waals surface area contributed by atoms with Crippen molar-refractivity contribution in [2.45, 2.75) is 6.54 Å². The minimum Gasteiger partial charge on any atom is -0.497 e. The van der Waals surface area contributed by atoms with Crippen molar-refractivity contribution in [2.75, 3.05) is 33.3 Å². The maximum atomic E-state index is 13.0. The number of halogens is 1. The van der Waals surface area contributed by atoms with Crippen molar-refractivity contribution >= 4 is 5.91 Å². The first-order chi connectivity index (χ1) is 14.1. The Labute approximate surface area is 167 Å². The number of benzene rings is 2. The van der Waals surface area contributed by atoms with Gasteiger partial charge in [-0.2, -0.15) is 4.98 Å². The van der Waals surface area contributed by atoms with Crippen LogP contribution in [0.3, 0.4) is 0 Å². The van der Waals surface area contributed by atoms with Gasteiger partial charge in [-0.05, 0) is 42.5 Å². The molecule has 7 nitrogen and oxygen atoms in total. The summed E-state index contributed by atoms with van der Waals surface area (Å²) in [5.74, 6) is 1.30. The number of carbonyl (C=O) groups is 1. The van der Waals surface area contributed by atoms with Crippen molar-refractivity contribution in [3.63, 3.8) is 0 Å². The predicted molar refractivity (Wildman–Crippen MR) is 104 cm³/mol. The van der Waals surface area contributed by atoms with E-state index in [1.807, 2.05) is 17.0 Å². The number of ether oxygens (including phenoxy) is 1. The maximum Gasteiger partial charge on any atom is 0.254 e. The summed E-state index contributed by atoms with van der Waals surface area (Å²) in [6.45, 7) is 3.17. The number of aromatic nitrogens is 2. The minimum absolute atomic E-state index is 0.0000589. The van der Waals surface area contributed by atoms with E-state index in [4.69, 9.17) is 9.26 Å². The van der Waals surface area contributed by atoms with E-state index >= 15 is 0 Å². The molecular weight excluding hydrogens is 375 g/mol. The minimum atomic E-state index is -0.307. The van der Waals surface area contributed by atoms with E-state index in [9.17, 15) is 9.18 Å². The van der Waals surface area contributed by atoms with Crippen LogP contribution in [0.15, 0.2) is 53.1 Å². The molecule has 1 aliphatic rings. The quantitative estimate of drug-likeness (QED) is 0.660. The van der Waals surface area contributed by atoms with Gasteiger partial charge in [-0.15, -0.1) is 0 Å². The molecule has 0 unspecified atom stereocenters. The number of rotatable bonds is 5. The first kappa shape index (κ1) is 19.1. The zero-order valence-electron chi connectivity index (χ0n) is 16.0. The van der Waals surface area contributed by atoms with Crippen LogP contribution in [0.5, 0.6) is 5.75 Å². The van der Waals surface area contributed by atoms with Gasteiger partial charge in [0.15, 0.2) is 0 Å². The van der Waals surface area contributed by atoms with Crippen LogP contribution in [0.25, 0.3) is 11.4 Å². The molecule has 2 aromatic carbocycles. The number of hydrogen-bond donors (Lipinski definition) is 0. The highest BCUT2D eigenvalue weighted by Gasteiger charge is 2.23. The lowest BCUT2D eigenvalue weighted by atomic mass is 10.1. The van der Waals surface area contributed by atoms with E-state index in [1.165, 1.54) is 12.1 Å². The molecule has 150 valence electrons. The average Bonchev–Trinajstić information content (AvgIpc) is 3.23. The molecule has 1 amide bonds. The Morgan fingerprint density at radius 3 is 2.62 bits per heavy atom. The zero-order valence-corrected chi connectivity index (χ0v) is 16.0. The molecule has 0 saturated carbocycles. The van der Waals surface area contributed by atoms with E-state index in [1.54, 1.807) is 31.4 Å². The van der Waals surface area contributed by atoms with Gasteiger partial charge in [0.2, 0.25) is 11.7 Å². The van der Waals surface area contributed by atoms with E-state index in [2.05, 4.69) is 15.0 Å². The molecule has 1 fully saturated rings. The summed E-state index contributed by atoms with van der Waals surface area (Å²) in [4.78, 5) is 21.1. The lowest BCUT2D eigenvalue weighted by Crippen LogP contribution is -2.48. The lowest BCUT2D eigenvalue weighted by Gasteiger charge is -2.34. The molecule has 0 aliphatic carbocycles. The molecule has 0 radical (unpaired) electrons. The number of carbonyl (C=O) groups excluding carboxylic acids is 1. The molecule has 1 aliphatic heterocycles. The third-order valence-electron chi connectivity index (χ3n) is 4.91. The molecule has 1 saturated heterocycles. The molecule has 0 atom stereocenters. The molecule has 8 heteroatoms. The van der Waals surface area contributed by atoms with Crippen LogP contribution in [0.2, 0.25) is 0 Å². The smallest absolute Gasteiger partial charge is 0.254 e. The molecule has 3 aromatic rings. The molecule has 0 bridgehead atoms. The predicted octanol–water partition coefficient (Wildman–Crippen LogP) is 2.84. The fraction of sp³-hybridized carbons (Fsp3) is 0.286. The van der Waals surface area contributed by atoms with Gasteiger partial charge < -0.3 is 14.2 Å². The lowest BCUT2D eigenvalue weighted by molar-refractivity contribution is 0.0614. The molecule has 29 heavy (non-hydrogen) atoms. The van der Waals surface area contributed by atoms with Crippen molar-refractivity contribution < 1.29 is 18.4 Å². The van der Waals surface area contributed by atoms with E-state index < -0.39 is 0 Å². The first-order valence-electron chi connectivity index (χ1n) is 9.36. The third kappa shape index (κ3) is 4.43. The fourth-order valence-electron chi connectivity index (χ4n) is 3.27. The maximum absolute atomic E-state index is 13.0. The van der Waals surface area contributed by atoms with Gasteiger partial charge in [0.25, 0.3) is 5.91 Å². The van der Waals surface area contributed by atoms with Crippen LogP contribution >= 0.6 is 0 Å². The van der Waals surface area contributed by atoms with Gasteiger partial charge >= 0.3 is 0 Å². The number of nitrogens with zero attached hydrogens (tertiary/aromatic N) is 4. The average molecular weight is 396 g/mol. The number of piperazine rings is 1. The summed E-state index contributed by atoms with van der Waals surface area (Å²) in [7, 11) is 1.58. The van der Waals surface area contributed by atoms with Crippen molar-refractivity contribution in [1.29, 1.82) is 0 Å². The standard InChI is InChI=1S/C21H21FN4O3/c1-28-18-4-2-3-16(13-18)21(27)26-11-9-25(10-12-26)14-19-23-20(24-29-19)15-5-7-17(22)8-6-15/h2-8,13H,9-12,14H2,1H3. The molecule has 0 N–H and O–H groups in total. The molecule has 0 spiro atoms. The van der Waals surface area contributed by atoms with Gasteiger partial charge in [0, 0.05) is 37.3 Å². The second-order valence-electron chi connectivity index (χ2n) is 6.82. The number of methoxy groups -OCH3 is 1. The van der Waals surface area contributed by atoms with Crippen LogP contribution in [0, 0.1) is 5.82 Å². The third-order valence-corrected chi connectivity index (χ3v) is 4.91. The highest BCUT2D eigenvalue weighted by atomic mass is 19.1. The van der Waals surface area contributed by atoms with Gasteiger partial charge in [-0.25, -0.2) is 4.39 Å². The monoisotopic (exact) mass is 396 g/mol. The zero-order chi connectivity index (χ0) is 20.2.